The molecule has 3 aromatic rings. The first kappa shape index (κ1) is 29.3. The molecule has 3 rings (SSSR count). The largest absolute Gasteiger partial charge is 2.00 e. The molecule has 0 unspecified atom stereocenters. The average molecular weight is 819 g/mol. The maximum atomic E-state index is 12.9. The van der Waals surface area contributed by atoms with Gasteiger partial charge in [-0.05, 0) is 52.9 Å². The summed E-state index contributed by atoms with van der Waals surface area (Å²) in [5, 5.41) is 7.04. The molecule has 0 aliphatic carbocycles. The van der Waals surface area contributed by atoms with Gasteiger partial charge in [-0.25, -0.2) is 10.4 Å². The topological polar surface area (TPSA) is 78.3 Å². The Kier molecular flexibility index (Phi) is 11.7. The summed E-state index contributed by atoms with van der Waals surface area (Å²) in [5.41, 5.74) is 3.49. The zero-order valence-electron chi connectivity index (χ0n) is 18.8. The third-order valence-electron chi connectivity index (χ3n) is 4.56. The molecule has 2 heterocycles. The number of hydrogen-bond acceptors (Lipinski definition) is 7. The van der Waals surface area contributed by atoms with E-state index in [-0.39, 0.29) is 31.1 Å². The summed E-state index contributed by atoms with van der Waals surface area (Å²) in [7, 11) is 0. The first-order chi connectivity index (χ1) is 16.3. The number of halogens is 4. The van der Waals surface area contributed by atoms with Crippen molar-refractivity contribution < 1.29 is 44.3 Å². The fourth-order valence-corrected chi connectivity index (χ4v) is 3.46. The molecule has 182 valence electrons. The SMILES string of the molecule is [CH2-]CN(C[CH-]CC)c1nc(N/N=C/c2ccc(Nc3cccc(C(F)(F)F)c3)cn2)ncc1I.[U+2]. The van der Waals surface area contributed by atoms with Crippen LogP contribution >= 0.6 is 22.6 Å². The van der Waals surface area contributed by atoms with E-state index in [9.17, 15) is 13.2 Å². The van der Waals surface area contributed by atoms with Gasteiger partial charge in [-0.15, -0.1) is 13.1 Å². The Hall–Kier alpha value is -1.91. The minimum Gasteiger partial charge on any atom is -0.415 e. The van der Waals surface area contributed by atoms with Gasteiger partial charge in [0.15, 0.2) is 0 Å². The molecular weight excluding hydrogens is 796 g/mol. The number of unbranched alkanes of at least 4 members (excludes halogenated alkanes) is 1. The molecular formula is C23H23F3IN7U. The molecule has 0 saturated heterocycles. The van der Waals surface area contributed by atoms with Gasteiger partial charge in [0, 0.05) is 11.9 Å². The van der Waals surface area contributed by atoms with E-state index in [0.29, 0.717) is 29.6 Å². The number of nitrogens with zero attached hydrogens (tertiary/aromatic N) is 5. The van der Waals surface area contributed by atoms with Crippen LogP contribution in [0.2, 0.25) is 0 Å². The van der Waals surface area contributed by atoms with Crippen LogP contribution in [0.3, 0.4) is 0 Å². The summed E-state index contributed by atoms with van der Waals surface area (Å²) in [6, 6.07) is 8.36. The molecule has 0 bridgehead atoms. The van der Waals surface area contributed by atoms with Crippen LogP contribution in [-0.2, 0) is 6.18 Å². The van der Waals surface area contributed by atoms with Crippen LogP contribution in [0.25, 0.3) is 0 Å². The molecule has 2 N–H and O–H groups in total. The number of aromatic nitrogens is 3. The monoisotopic (exact) mass is 819 g/mol. The van der Waals surface area contributed by atoms with E-state index in [2.05, 4.69) is 73.7 Å². The number of alkyl halides is 3. The Labute approximate surface area is 239 Å². The summed E-state index contributed by atoms with van der Waals surface area (Å²) < 4.78 is 39.5. The Morgan fingerprint density at radius 2 is 1.97 bits per heavy atom. The summed E-state index contributed by atoms with van der Waals surface area (Å²) in [5.74, 6) is 1.11. The fourth-order valence-electron chi connectivity index (χ4n) is 2.85. The number of benzene rings is 1. The minimum atomic E-state index is -4.40. The molecule has 12 heteroatoms. The van der Waals surface area contributed by atoms with Crippen molar-refractivity contribution in [3.63, 3.8) is 0 Å². The van der Waals surface area contributed by atoms with Crippen molar-refractivity contribution in [2.45, 2.75) is 19.5 Å². The van der Waals surface area contributed by atoms with Crippen molar-refractivity contribution in [3.05, 3.63) is 77.0 Å². The molecule has 1 aromatic carbocycles. The molecule has 0 saturated carbocycles. The predicted molar refractivity (Wildman–Crippen MR) is 137 cm³/mol. The first-order valence-corrected chi connectivity index (χ1v) is 11.5. The molecule has 0 spiro atoms. The van der Waals surface area contributed by atoms with Gasteiger partial charge >= 0.3 is 37.3 Å². The van der Waals surface area contributed by atoms with Crippen LogP contribution in [0.4, 0.5) is 36.3 Å². The van der Waals surface area contributed by atoms with Gasteiger partial charge in [-0.3, -0.25) is 4.98 Å². The third kappa shape index (κ3) is 8.92. The van der Waals surface area contributed by atoms with Crippen LogP contribution in [0.15, 0.2) is 53.9 Å². The number of rotatable bonds is 10. The van der Waals surface area contributed by atoms with Crippen molar-refractivity contribution in [1.82, 2.24) is 15.0 Å². The van der Waals surface area contributed by atoms with Crippen molar-refractivity contribution in [1.29, 1.82) is 0 Å². The average Bonchev–Trinajstić information content (AvgIpc) is 2.82. The number of hydrazone groups is 1. The van der Waals surface area contributed by atoms with Gasteiger partial charge in [0.05, 0.1) is 32.9 Å². The maximum absolute atomic E-state index is 12.9. The summed E-state index contributed by atoms with van der Waals surface area (Å²) in [4.78, 5) is 15.1. The van der Waals surface area contributed by atoms with Crippen LogP contribution < -0.4 is 15.6 Å². The van der Waals surface area contributed by atoms with Crippen LogP contribution in [0.1, 0.15) is 24.6 Å². The van der Waals surface area contributed by atoms with Gasteiger partial charge in [0.1, 0.15) is 5.82 Å². The van der Waals surface area contributed by atoms with Gasteiger partial charge in [0.2, 0.25) is 5.95 Å². The predicted octanol–water partition coefficient (Wildman–Crippen LogP) is 5.94. The maximum Gasteiger partial charge on any atom is 2.00 e. The molecule has 0 aliphatic rings. The summed E-state index contributed by atoms with van der Waals surface area (Å²) in [6.45, 7) is 7.35. The molecule has 2 aromatic heterocycles. The van der Waals surface area contributed by atoms with Gasteiger partial charge in [-0.1, -0.05) is 13.0 Å². The molecule has 0 atom stereocenters. The van der Waals surface area contributed by atoms with Gasteiger partial charge in [0.25, 0.3) is 0 Å². The van der Waals surface area contributed by atoms with Crippen molar-refractivity contribution in [2.24, 2.45) is 5.10 Å². The number of nitrogens with one attached hydrogen (secondary N) is 2. The zero-order chi connectivity index (χ0) is 24.6. The molecule has 0 amide bonds. The number of hydrogen-bond donors (Lipinski definition) is 2. The second-order valence-corrected chi connectivity index (χ2v) is 8.22. The molecule has 0 fully saturated rings. The van der Waals surface area contributed by atoms with Crippen molar-refractivity contribution in [3.8, 4) is 0 Å². The molecule has 0 radical (unpaired) electrons. The standard InChI is InChI=1S/C23H23F3IN7.U/c1-3-5-11-34(4-2)21-20(27)15-29-22(32-21)33-30-14-18-9-10-19(13-28-18)31-17-8-6-7-16(12-17)23(24,25)26;/h5-10,12-15,31H,2-4,11H2,1H3,(H,29,32,33);/q-2;+2/b30-14+;. The van der Waals surface area contributed by atoms with Crippen molar-refractivity contribution in [2.75, 3.05) is 28.7 Å². The fraction of sp³-hybridized carbons (Fsp3) is 0.217. The number of anilines is 4. The van der Waals surface area contributed by atoms with Crippen LogP contribution in [0, 0.1) is 48.0 Å². The third-order valence-corrected chi connectivity index (χ3v) is 5.32. The van der Waals surface area contributed by atoms with Crippen LogP contribution in [0.5, 0.6) is 0 Å². The van der Waals surface area contributed by atoms with Crippen molar-refractivity contribution >= 4 is 51.9 Å². The van der Waals surface area contributed by atoms with E-state index in [1.165, 1.54) is 18.5 Å². The molecule has 0 aliphatic heterocycles. The molecule has 35 heavy (non-hydrogen) atoms. The van der Waals surface area contributed by atoms with E-state index in [1.807, 2.05) is 4.90 Å². The Morgan fingerprint density at radius 3 is 2.63 bits per heavy atom. The van der Waals surface area contributed by atoms with E-state index in [0.717, 1.165) is 34.5 Å². The Balaban J connectivity index is 0.00000432. The van der Waals surface area contributed by atoms with E-state index in [4.69, 9.17) is 0 Å². The first-order valence-electron chi connectivity index (χ1n) is 10.4. The van der Waals surface area contributed by atoms with Gasteiger partial charge < -0.3 is 23.6 Å². The van der Waals surface area contributed by atoms with E-state index >= 15 is 0 Å². The smallest absolute Gasteiger partial charge is 0.415 e. The summed E-state index contributed by atoms with van der Waals surface area (Å²) >= 11 is 2.18. The minimum absolute atomic E-state index is 0. The van der Waals surface area contributed by atoms with E-state index in [1.54, 1.807) is 24.4 Å². The van der Waals surface area contributed by atoms with E-state index < -0.39 is 11.7 Å². The van der Waals surface area contributed by atoms with Crippen LogP contribution in [-0.4, -0.2) is 34.3 Å². The number of pyridine rings is 1. The quantitative estimate of drug-likeness (QED) is 0.114. The van der Waals surface area contributed by atoms with Gasteiger partial charge in [-0.2, -0.15) is 29.7 Å². The Morgan fingerprint density at radius 1 is 1.17 bits per heavy atom. The normalized spacial score (nSPS) is 11.3. The zero-order valence-corrected chi connectivity index (χ0v) is 25.2. The summed E-state index contributed by atoms with van der Waals surface area (Å²) in [6.07, 6.45) is 3.42. The second-order valence-electron chi connectivity index (χ2n) is 7.05. The Bertz CT molecular complexity index is 1110. The molecule has 7 nitrogen and oxygen atoms in total. The second kappa shape index (κ2) is 14.0.